The third-order valence-corrected chi connectivity index (χ3v) is 3.43. The van der Waals surface area contributed by atoms with Gasteiger partial charge in [0.25, 0.3) is 0 Å². The number of benzene rings is 3. The van der Waals surface area contributed by atoms with Crippen LogP contribution in [0.15, 0.2) is 66.7 Å². The zero-order valence-corrected chi connectivity index (χ0v) is 11.7. The average molecular weight is 262 g/mol. The molecule has 0 aromatic heterocycles. The van der Waals surface area contributed by atoms with E-state index in [2.05, 4.69) is 61.5 Å². The molecule has 0 aliphatic heterocycles. The third kappa shape index (κ3) is 2.53. The van der Waals surface area contributed by atoms with E-state index in [4.69, 9.17) is 4.74 Å². The van der Waals surface area contributed by atoms with Crippen LogP contribution in [0.4, 0.5) is 0 Å². The van der Waals surface area contributed by atoms with Gasteiger partial charge >= 0.3 is 0 Å². The maximum Gasteiger partial charge on any atom is 0.119 e. The molecule has 0 unspecified atom stereocenters. The van der Waals surface area contributed by atoms with Gasteiger partial charge in [-0.25, -0.2) is 0 Å². The van der Waals surface area contributed by atoms with Gasteiger partial charge in [-0.15, -0.1) is 0 Å². The Hall–Kier alpha value is -2.28. The molecule has 0 heterocycles. The van der Waals surface area contributed by atoms with E-state index in [9.17, 15) is 0 Å². The molecule has 0 bridgehead atoms. The van der Waals surface area contributed by atoms with Crippen molar-refractivity contribution in [2.75, 3.05) is 6.61 Å². The monoisotopic (exact) mass is 262 g/mol. The molecular formula is C19H18O. The zero-order valence-electron chi connectivity index (χ0n) is 11.7. The summed E-state index contributed by atoms with van der Waals surface area (Å²) in [7, 11) is 0. The lowest BCUT2D eigenvalue weighted by molar-refractivity contribution is 0.317. The highest BCUT2D eigenvalue weighted by Crippen LogP contribution is 2.29. The largest absolute Gasteiger partial charge is 0.494 e. The predicted molar refractivity (Wildman–Crippen MR) is 85.2 cm³/mol. The maximum atomic E-state index is 5.63. The molecule has 0 N–H and O–H groups in total. The molecule has 0 amide bonds. The van der Waals surface area contributed by atoms with E-state index in [0.717, 1.165) is 18.8 Å². The summed E-state index contributed by atoms with van der Waals surface area (Å²) in [6.45, 7) is 2.89. The Labute approximate surface area is 119 Å². The molecular weight excluding hydrogens is 244 g/mol. The van der Waals surface area contributed by atoms with Crippen LogP contribution in [0.2, 0.25) is 0 Å². The molecule has 0 spiro atoms. The molecule has 20 heavy (non-hydrogen) atoms. The normalized spacial score (nSPS) is 10.7. The van der Waals surface area contributed by atoms with E-state index in [1.807, 2.05) is 12.1 Å². The molecule has 0 saturated heterocycles. The Balaban J connectivity index is 1.98. The minimum absolute atomic E-state index is 0.771. The van der Waals surface area contributed by atoms with Crippen LogP contribution >= 0.6 is 0 Å². The van der Waals surface area contributed by atoms with Gasteiger partial charge in [0.05, 0.1) is 6.61 Å². The van der Waals surface area contributed by atoms with Gasteiger partial charge in [0.2, 0.25) is 0 Å². The zero-order chi connectivity index (χ0) is 13.8. The number of hydrogen-bond donors (Lipinski definition) is 0. The Morgan fingerprint density at radius 3 is 2.35 bits per heavy atom. The van der Waals surface area contributed by atoms with Crippen molar-refractivity contribution in [1.29, 1.82) is 0 Å². The van der Waals surface area contributed by atoms with Crippen molar-refractivity contribution in [3.8, 4) is 16.9 Å². The second kappa shape index (κ2) is 5.79. The highest BCUT2D eigenvalue weighted by Gasteiger charge is 2.03. The van der Waals surface area contributed by atoms with Gasteiger partial charge in [-0.05, 0) is 40.5 Å². The molecule has 0 atom stereocenters. The van der Waals surface area contributed by atoms with Crippen LogP contribution in [-0.4, -0.2) is 6.61 Å². The molecule has 0 fully saturated rings. The van der Waals surface area contributed by atoms with E-state index in [1.54, 1.807) is 0 Å². The van der Waals surface area contributed by atoms with Gasteiger partial charge in [0.15, 0.2) is 0 Å². The van der Waals surface area contributed by atoms with Crippen molar-refractivity contribution in [2.24, 2.45) is 0 Å². The molecule has 3 aromatic carbocycles. The van der Waals surface area contributed by atoms with Crippen LogP contribution in [0.5, 0.6) is 5.75 Å². The Morgan fingerprint density at radius 1 is 0.800 bits per heavy atom. The molecule has 3 aromatic rings. The molecule has 100 valence electrons. The molecule has 3 rings (SSSR count). The van der Waals surface area contributed by atoms with Gasteiger partial charge in [0, 0.05) is 0 Å². The van der Waals surface area contributed by atoms with Gasteiger partial charge in [-0.3, -0.25) is 0 Å². The van der Waals surface area contributed by atoms with Crippen molar-refractivity contribution in [3.63, 3.8) is 0 Å². The van der Waals surface area contributed by atoms with Crippen molar-refractivity contribution < 1.29 is 4.74 Å². The summed E-state index contributed by atoms with van der Waals surface area (Å²) in [4.78, 5) is 0. The fraction of sp³-hybridized carbons (Fsp3) is 0.158. The molecule has 0 aliphatic rings. The topological polar surface area (TPSA) is 9.23 Å². The van der Waals surface area contributed by atoms with Crippen LogP contribution in [0.3, 0.4) is 0 Å². The van der Waals surface area contributed by atoms with E-state index >= 15 is 0 Å². The van der Waals surface area contributed by atoms with Crippen LogP contribution in [0, 0.1) is 0 Å². The van der Waals surface area contributed by atoms with E-state index < -0.39 is 0 Å². The van der Waals surface area contributed by atoms with Crippen LogP contribution in [0.1, 0.15) is 13.3 Å². The molecule has 0 aliphatic carbocycles. The van der Waals surface area contributed by atoms with Gasteiger partial charge in [0.1, 0.15) is 5.75 Å². The number of rotatable bonds is 4. The SMILES string of the molecule is CCCOc1ccc(-c2cccc3ccccc23)cc1. The standard InChI is InChI=1S/C19H18O/c1-2-14-20-17-12-10-16(11-13-17)19-9-5-7-15-6-3-4-8-18(15)19/h3-13H,2,14H2,1H3. The second-order valence-electron chi connectivity index (χ2n) is 4.90. The summed E-state index contributed by atoms with van der Waals surface area (Å²) in [5.74, 6) is 0.941. The van der Waals surface area contributed by atoms with E-state index in [1.165, 1.54) is 21.9 Å². The van der Waals surface area contributed by atoms with Crippen LogP contribution < -0.4 is 4.74 Å². The lowest BCUT2D eigenvalue weighted by atomic mass is 9.98. The number of ether oxygens (including phenoxy) is 1. The lowest BCUT2D eigenvalue weighted by Gasteiger charge is -2.08. The third-order valence-electron chi connectivity index (χ3n) is 3.43. The Kier molecular flexibility index (Phi) is 3.69. The molecule has 1 heteroatoms. The lowest BCUT2D eigenvalue weighted by Crippen LogP contribution is -1.94. The highest BCUT2D eigenvalue weighted by atomic mass is 16.5. The number of fused-ring (bicyclic) bond motifs is 1. The summed E-state index contributed by atoms with van der Waals surface area (Å²) >= 11 is 0. The average Bonchev–Trinajstić information content (AvgIpc) is 2.53. The smallest absolute Gasteiger partial charge is 0.119 e. The van der Waals surface area contributed by atoms with Gasteiger partial charge in [-0.1, -0.05) is 61.5 Å². The molecule has 0 radical (unpaired) electrons. The summed E-state index contributed by atoms with van der Waals surface area (Å²) in [6, 6.07) is 23.3. The Morgan fingerprint density at radius 2 is 1.55 bits per heavy atom. The van der Waals surface area contributed by atoms with E-state index in [0.29, 0.717) is 0 Å². The molecule has 1 nitrogen and oxygen atoms in total. The summed E-state index contributed by atoms with van der Waals surface area (Å²) in [5.41, 5.74) is 2.50. The fourth-order valence-electron chi connectivity index (χ4n) is 2.43. The van der Waals surface area contributed by atoms with Crippen molar-refractivity contribution >= 4 is 10.8 Å². The quantitative estimate of drug-likeness (QED) is 0.620. The number of hydrogen-bond acceptors (Lipinski definition) is 1. The first kappa shape index (κ1) is 12.7. The first-order valence-electron chi connectivity index (χ1n) is 7.09. The van der Waals surface area contributed by atoms with Crippen molar-refractivity contribution in [2.45, 2.75) is 13.3 Å². The molecule has 0 saturated carbocycles. The summed E-state index contributed by atoms with van der Waals surface area (Å²) in [6.07, 6.45) is 1.03. The van der Waals surface area contributed by atoms with E-state index in [-0.39, 0.29) is 0 Å². The van der Waals surface area contributed by atoms with Crippen LogP contribution in [0.25, 0.3) is 21.9 Å². The first-order valence-corrected chi connectivity index (χ1v) is 7.09. The first-order chi connectivity index (χ1) is 9.88. The summed E-state index contributed by atoms with van der Waals surface area (Å²) < 4.78 is 5.63. The van der Waals surface area contributed by atoms with Gasteiger partial charge in [-0.2, -0.15) is 0 Å². The van der Waals surface area contributed by atoms with Crippen molar-refractivity contribution in [1.82, 2.24) is 0 Å². The highest BCUT2D eigenvalue weighted by molar-refractivity contribution is 5.96. The Bertz CT molecular complexity index is 693. The second-order valence-corrected chi connectivity index (χ2v) is 4.90. The summed E-state index contributed by atoms with van der Waals surface area (Å²) in [5, 5.41) is 2.56. The van der Waals surface area contributed by atoms with Gasteiger partial charge < -0.3 is 4.74 Å². The minimum Gasteiger partial charge on any atom is -0.494 e. The maximum absolute atomic E-state index is 5.63. The minimum atomic E-state index is 0.771. The van der Waals surface area contributed by atoms with Crippen LogP contribution in [-0.2, 0) is 0 Å². The van der Waals surface area contributed by atoms with Crippen molar-refractivity contribution in [3.05, 3.63) is 66.7 Å². The predicted octanol–water partition coefficient (Wildman–Crippen LogP) is 5.30. The fourth-order valence-corrected chi connectivity index (χ4v) is 2.43.